The van der Waals surface area contributed by atoms with Crippen molar-refractivity contribution >= 4 is 35.3 Å². The molecule has 2 aliphatic rings. The van der Waals surface area contributed by atoms with Gasteiger partial charge in [0.05, 0.1) is 33.5 Å². The molecule has 0 aromatic heterocycles. The van der Waals surface area contributed by atoms with Gasteiger partial charge in [-0.1, -0.05) is 35.4 Å². The van der Waals surface area contributed by atoms with Crippen LogP contribution in [-0.2, 0) is 4.84 Å². The number of fused-ring (bicyclic) bond motifs is 2. The summed E-state index contributed by atoms with van der Waals surface area (Å²) in [5.41, 5.74) is 0.951. The second-order valence-corrected chi connectivity index (χ2v) is 6.87. The predicted octanol–water partition coefficient (Wildman–Crippen LogP) is 2.86. The van der Waals surface area contributed by atoms with Gasteiger partial charge in [0.15, 0.2) is 0 Å². The molecule has 4 amide bonds. The lowest BCUT2D eigenvalue weighted by Crippen LogP contribution is -2.33. The highest BCUT2D eigenvalue weighted by Crippen LogP contribution is 2.29. The van der Waals surface area contributed by atoms with Gasteiger partial charge in [-0.3, -0.25) is 19.2 Å². The van der Waals surface area contributed by atoms with Crippen molar-refractivity contribution in [3.05, 3.63) is 101 Å². The van der Waals surface area contributed by atoms with Crippen LogP contribution in [0.3, 0.4) is 0 Å². The first-order chi connectivity index (χ1) is 15.0. The molecule has 0 N–H and O–H groups in total. The summed E-state index contributed by atoms with van der Waals surface area (Å²) in [5, 5.41) is 0.404. The van der Waals surface area contributed by atoms with Crippen molar-refractivity contribution in [1.29, 1.82) is 0 Å². The van der Waals surface area contributed by atoms with Crippen molar-refractivity contribution in [2.45, 2.75) is 0 Å². The molecule has 0 fully saturated rings. The van der Waals surface area contributed by atoms with E-state index in [9.17, 15) is 24.0 Å². The van der Waals surface area contributed by atoms with Crippen LogP contribution in [0.2, 0.25) is 0 Å². The molecule has 0 aliphatic carbocycles. The highest BCUT2D eigenvalue weighted by atomic mass is 16.7. The van der Waals surface area contributed by atoms with Crippen LogP contribution in [0, 0.1) is 0 Å². The number of carbonyl (C=O) groups excluding carboxylic acids is 5. The first-order valence-corrected chi connectivity index (χ1v) is 9.25. The van der Waals surface area contributed by atoms with Crippen LogP contribution in [0.25, 0.3) is 0 Å². The minimum Gasteiger partial charge on any atom is -0.324 e. The molecular formula is C23H12N2O6. The number of hydroxylamine groups is 2. The molecule has 2 heterocycles. The first kappa shape index (κ1) is 18.4. The third kappa shape index (κ3) is 2.73. The van der Waals surface area contributed by atoms with Crippen LogP contribution < -0.4 is 4.90 Å². The standard InChI is InChI=1S/C23H12N2O6/c26-19-15-8-1-2-9-16(15)20(27)24(19)14-7-5-6-13(12-14)23(30)31-25-21(28)17-10-3-4-11-18(17)22(25)29/h1-12H. The average molecular weight is 412 g/mol. The van der Waals surface area contributed by atoms with E-state index in [1.807, 2.05) is 0 Å². The zero-order valence-corrected chi connectivity index (χ0v) is 15.8. The maximum absolute atomic E-state index is 12.7. The van der Waals surface area contributed by atoms with Gasteiger partial charge in [-0.2, -0.15) is 0 Å². The summed E-state index contributed by atoms with van der Waals surface area (Å²) in [4.78, 5) is 68.8. The van der Waals surface area contributed by atoms with Gasteiger partial charge in [0, 0.05) is 0 Å². The Labute approximate surface area is 175 Å². The third-order valence-corrected chi connectivity index (χ3v) is 5.07. The van der Waals surface area contributed by atoms with Crippen LogP contribution in [0.4, 0.5) is 5.69 Å². The lowest BCUT2D eigenvalue weighted by molar-refractivity contribution is -0.0584. The van der Waals surface area contributed by atoms with E-state index in [1.165, 1.54) is 36.4 Å². The number of imide groups is 2. The Bertz CT molecular complexity index is 1260. The van der Waals surface area contributed by atoms with E-state index in [-0.39, 0.29) is 33.5 Å². The molecule has 0 saturated heterocycles. The quantitative estimate of drug-likeness (QED) is 0.613. The van der Waals surface area contributed by atoms with Crippen LogP contribution in [0.5, 0.6) is 0 Å². The molecule has 5 rings (SSSR count). The summed E-state index contributed by atoms with van der Waals surface area (Å²) in [6.07, 6.45) is 0. The van der Waals surface area contributed by atoms with Crippen molar-refractivity contribution in [2.24, 2.45) is 0 Å². The fourth-order valence-corrected chi connectivity index (χ4v) is 3.58. The molecule has 31 heavy (non-hydrogen) atoms. The molecule has 3 aromatic carbocycles. The number of amides is 4. The van der Waals surface area contributed by atoms with Gasteiger partial charge in [-0.15, -0.1) is 0 Å². The number of hydrogen-bond acceptors (Lipinski definition) is 6. The highest BCUT2D eigenvalue weighted by Gasteiger charge is 2.39. The maximum Gasteiger partial charge on any atom is 0.364 e. The topological polar surface area (TPSA) is 101 Å². The van der Waals surface area contributed by atoms with Crippen molar-refractivity contribution in [2.75, 3.05) is 4.90 Å². The molecular weight excluding hydrogens is 400 g/mol. The van der Waals surface area contributed by atoms with E-state index in [1.54, 1.807) is 36.4 Å². The number of rotatable bonds is 3. The first-order valence-electron chi connectivity index (χ1n) is 9.25. The van der Waals surface area contributed by atoms with Crippen LogP contribution in [0.1, 0.15) is 51.8 Å². The number of carbonyl (C=O) groups is 5. The summed E-state index contributed by atoms with van der Waals surface area (Å²) >= 11 is 0. The Morgan fingerprint density at radius 1 is 0.613 bits per heavy atom. The number of hydrogen-bond donors (Lipinski definition) is 0. The summed E-state index contributed by atoms with van der Waals surface area (Å²) < 4.78 is 0. The van der Waals surface area contributed by atoms with Crippen LogP contribution in [0.15, 0.2) is 72.8 Å². The maximum atomic E-state index is 12.7. The molecule has 0 unspecified atom stereocenters. The smallest absolute Gasteiger partial charge is 0.324 e. The van der Waals surface area contributed by atoms with Gasteiger partial charge in [0.25, 0.3) is 23.6 Å². The average Bonchev–Trinajstić information content (AvgIpc) is 3.19. The molecule has 0 atom stereocenters. The fraction of sp³-hybridized carbons (Fsp3) is 0. The Kier molecular flexibility index (Phi) is 4.01. The van der Waals surface area contributed by atoms with E-state index < -0.39 is 29.6 Å². The lowest BCUT2D eigenvalue weighted by Gasteiger charge is -2.16. The molecule has 3 aromatic rings. The lowest BCUT2D eigenvalue weighted by atomic mass is 10.1. The van der Waals surface area contributed by atoms with Crippen LogP contribution in [-0.4, -0.2) is 34.7 Å². The molecule has 0 bridgehead atoms. The van der Waals surface area contributed by atoms with Gasteiger partial charge in [0.2, 0.25) is 0 Å². The molecule has 0 saturated carbocycles. The number of anilines is 1. The van der Waals surface area contributed by atoms with Gasteiger partial charge >= 0.3 is 5.97 Å². The summed E-state index contributed by atoms with van der Waals surface area (Å²) in [6, 6.07) is 18.2. The minimum atomic E-state index is -0.979. The highest BCUT2D eigenvalue weighted by molar-refractivity contribution is 6.34. The van der Waals surface area contributed by atoms with E-state index in [0.29, 0.717) is 5.06 Å². The largest absolute Gasteiger partial charge is 0.364 e. The molecule has 0 spiro atoms. The van der Waals surface area contributed by atoms with Gasteiger partial charge in [-0.25, -0.2) is 9.69 Å². The summed E-state index contributed by atoms with van der Waals surface area (Å²) in [7, 11) is 0. The van der Waals surface area contributed by atoms with Crippen molar-refractivity contribution in [1.82, 2.24) is 5.06 Å². The number of nitrogens with zero attached hydrogens (tertiary/aromatic N) is 2. The summed E-state index contributed by atoms with van der Waals surface area (Å²) in [6.45, 7) is 0. The Balaban J connectivity index is 1.41. The van der Waals surface area contributed by atoms with E-state index >= 15 is 0 Å². The monoisotopic (exact) mass is 412 g/mol. The molecule has 0 radical (unpaired) electrons. The molecule has 8 heteroatoms. The van der Waals surface area contributed by atoms with Crippen molar-refractivity contribution in [3.63, 3.8) is 0 Å². The predicted molar refractivity (Wildman–Crippen MR) is 106 cm³/mol. The van der Waals surface area contributed by atoms with E-state index in [4.69, 9.17) is 4.84 Å². The van der Waals surface area contributed by atoms with E-state index in [0.717, 1.165) is 4.90 Å². The second-order valence-electron chi connectivity index (χ2n) is 6.87. The third-order valence-electron chi connectivity index (χ3n) is 5.07. The zero-order chi connectivity index (χ0) is 21.7. The second kappa shape index (κ2) is 6.74. The Hall–Kier alpha value is -4.59. The zero-order valence-electron chi connectivity index (χ0n) is 15.8. The minimum absolute atomic E-state index is 0.0365. The molecule has 8 nitrogen and oxygen atoms in total. The Morgan fingerprint density at radius 3 is 1.61 bits per heavy atom. The normalized spacial score (nSPS) is 14.7. The van der Waals surface area contributed by atoms with E-state index in [2.05, 4.69) is 0 Å². The van der Waals surface area contributed by atoms with Gasteiger partial charge in [-0.05, 0) is 42.5 Å². The van der Waals surface area contributed by atoms with Crippen molar-refractivity contribution in [3.8, 4) is 0 Å². The van der Waals surface area contributed by atoms with Crippen LogP contribution >= 0.6 is 0 Å². The summed E-state index contributed by atoms with van der Waals surface area (Å²) in [5.74, 6) is -3.48. The fourth-order valence-electron chi connectivity index (χ4n) is 3.58. The van der Waals surface area contributed by atoms with Crippen molar-refractivity contribution < 1.29 is 28.8 Å². The SMILES string of the molecule is O=C(ON1C(=O)c2ccccc2C1=O)c1cccc(N2C(=O)c3ccccc3C2=O)c1. The molecule has 150 valence electrons. The van der Waals surface area contributed by atoms with Gasteiger partial charge < -0.3 is 4.84 Å². The number of benzene rings is 3. The Morgan fingerprint density at radius 2 is 1.10 bits per heavy atom. The molecule has 2 aliphatic heterocycles. The van der Waals surface area contributed by atoms with Gasteiger partial charge in [0.1, 0.15) is 0 Å².